The molecule has 2 amide bonds. The van der Waals surface area contributed by atoms with Crippen molar-refractivity contribution in [1.82, 2.24) is 0 Å². The molecule has 0 spiro atoms. The molecule has 5 heteroatoms. The quantitative estimate of drug-likeness (QED) is 0.870. The summed E-state index contributed by atoms with van der Waals surface area (Å²) in [7, 11) is 0. The average molecular weight is 359 g/mol. The lowest BCUT2D eigenvalue weighted by Gasteiger charge is -2.23. The second kappa shape index (κ2) is 7.70. The molecule has 0 aliphatic heterocycles. The maximum absolute atomic E-state index is 12.5. The van der Waals surface area contributed by atoms with E-state index in [0.29, 0.717) is 10.7 Å². The zero-order valence-electron chi connectivity index (χ0n) is 15.2. The Hall–Kier alpha value is -2.33. The van der Waals surface area contributed by atoms with Crippen molar-refractivity contribution in [2.75, 3.05) is 16.8 Å². The maximum atomic E-state index is 12.5. The number of amides is 2. The molecule has 2 aromatic rings. The minimum absolute atomic E-state index is 0.0662. The molecule has 0 saturated heterocycles. The number of hydrogen-bond donors (Lipinski definition) is 1. The molecule has 0 unspecified atom stereocenters. The number of anilines is 2. The number of aryl methyl sites for hydroxylation is 4. The van der Waals surface area contributed by atoms with Gasteiger partial charge in [0.2, 0.25) is 11.8 Å². The van der Waals surface area contributed by atoms with Crippen LogP contribution in [0, 0.1) is 27.7 Å². The van der Waals surface area contributed by atoms with E-state index in [0.717, 1.165) is 27.9 Å². The van der Waals surface area contributed by atoms with Gasteiger partial charge in [-0.3, -0.25) is 9.59 Å². The highest BCUT2D eigenvalue weighted by atomic mass is 35.5. The molecule has 2 rings (SSSR count). The highest BCUT2D eigenvalue weighted by Crippen LogP contribution is 2.25. The first-order chi connectivity index (χ1) is 11.7. The van der Waals surface area contributed by atoms with Crippen LogP contribution in [0.4, 0.5) is 11.4 Å². The third-order valence-corrected chi connectivity index (χ3v) is 4.32. The average Bonchev–Trinajstić information content (AvgIpc) is 2.51. The zero-order valence-corrected chi connectivity index (χ0v) is 16.0. The third kappa shape index (κ3) is 4.60. The van der Waals surface area contributed by atoms with E-state index < -0.39 is 0 Å². The third-order valence-electron chi connectivity index (χ3n) is 4.09. The Morgan fingerprint density at radius 2 is 1.60 bits per heavy atom. The number of hydrogen-bond acceptors (Lipinski definition) is 2. The molecular weight excluding hydrogens is 336 g/mol. The van der Waals surface area contributed by atoms with Gasteiger partial charge in [0.25, 0.3) is 0 Å². The van der Waals surface area contributed by atoms with Crippen LogP contribution in [0.3, 0.4) is 0 Å². The second-order valence-electron chi connectivity index (χ2n) is 6.36. The van der Waals surface area contributed by atoms with Crippen LogP contribution in [-0.4, -0.2) is 18.4 Å². The standard InChI is InChI=1S/C20H23ClN2O2/c1-12-8-14(3)20(15(4)9-12)22-19(25)11-23(16(5)24)18-10-17(21)7-6-13(18)2/h6-10H,11H2,1-5H3,(H,22,25). The molecule has 0 aliphatic carbocycles. The van der Waals surface area contributed by atoms with Crippen LogP contribution in [0.1, 0.15) is 29.2 Å². The number of nitrogens with zero attached hydrogens (tertiary/aromatic N) is 1. The van der Waals surface area contributed by atoms with E-state index in [1.807, 2.05) is 45.9 Å². The first-order valence-corrected chi connectivity index (χ1v) is 8.48. The molecule has 132 valence electrons. The number of benzene rings is 2. The smallest absolute Gasteiger partial charge is 0.244 e. The Balaban J connectivity index is 2.25. The number of carbonyl (C=O) groups is 2. The predicted molar refractivity (Wildman–Crippen MR) is 103 cm³/mol. The molecule has 1 N–H and O–H groups in total. The van der Waals surface area contributed by atoms with Crippen LogP contribution in [0.5, 0.6) is 0 Å². The number of rotatable bonds is 4. The Morgan fingerprint density at radius 3 is 2.16 bits per heavy atom. The molecular formula is C20H23ClN2O2. The van der Waals surface area contributed by atoms with Crippen LogP contribution in [0.25, 0.3) is 0 Å². The van der Waals surface area contributed by atoms with Crippen molar-refractivity contribution in [3.8, 4) is 0 Å². The van der Waals surface area contributed by atoms with Crippen molar-refractivity contribution in [2.45, 2.75) is 34.6 Å². The van der Waals surface area contributed by atoms with E-state index in [-0.39, 0.29) is 18.4 Å². The summed E-state index contributed by atoms with van der Waals surface area (Å²) in [5, 5.41) is 3.45. The molecule has 4 nitrogen and oxygen atoms in total. The molecule has 0 atom stereocenters. The predicted octanol–water partition coefficient (Wildman–Crippen LogP) is 4.57. The minimum atomic E-state index is -0.246. The molecule has 0 aromatic heterocycles. The van der Waals surface area contributed by atoms with Gasteiger partial charge in [0.1, 0.15) is 6.54 Å². The summed E-state index contributed by atoms with van der Waals surface area (Å²) in [5.41, 5.74) is 5.47. The molecule has 0 saturated carbocycles. The van der Waals surface area contributed by atoms with Gasteiger partial charge in [-0.25, -0.2) is 0 Å². The number of halogens is 1. The summed E-state index contributed by atoms with van der Waals surface area (Å²) in [4.78, 5) is 26.1. The van der Waals surface area contributed by atoms with E-state index in [9.17, 15) is 9.59 Å². The molecule has 0 bridgehead atoms. The minimum Gasteiger partial charge on any atom is -0.324 e. The molecule has 0 fully saturated rings. The molecule has 0 aliphatic rings. The fraction of sp³-hybridized carbons (Fsp3) is 0.300. The van der Waals surface area contributed by atoms with Crippen molar-refractivity contribution in [3.05, 3.63) is 57.6 Å². The van der Waals surface area contributed by atoms with Crippen molar-refractivity contribution in [2.24, 2.45) is 0 Å². The Bertz CT molecular complexity index is 807. The number of nitrogens with one attached hydrogen (secondary N) is 1. The van der Waals surface area contributed by atoms with E-state index in [4.69, 9.17) is 11.6 Å². The topological polar surface area (TPSA) is 49.4 Å². The van der Waals surface area contributed by atoms with Crippen LogP contribution >= 0.6 is 11.6 Å². The van der Waals surface area contributed by atoms with Gasteiger partial charge in [0, 0.05) is 23.3 Å². The monoisotopic (exact) mass is 358 g/mol. The van der Waals surface area contributed by atoms with Crippen LogP contribution in [0.2, 0.25) is 5.02 Å². The Kier molecular flexibility index (Phi) is 5.85. The van der Waals surface area contributed by atoms with E-state index in [1.165, 1.54) is 11.8 Å². The summed E-state index contributed by atoms with van der Waals surface area (Å²) < 4.78 is 0. The van der Waals surface area contributed by atoms with Gasteiger partial charge in [0.15, 0.2) is 0 Å². The van der Waals surface area contributed by atoms with Gasteiger partial charge in [-0.15, -0.1) is 0 Å². The molecule has 0 heterocycles. The summed E-state index contributed by atoms with van der Waals surface area (Å²) in [5.74, 6) is -0.456. The van der Waals surface area contributed by atoms with Gasteiger partial charge < -0.3 is 10.2 Å². The zero-order chi connectivity index (χ0) is 18.7. The van der Waals surface area contributed by atoms with Crippen LogP contribution in [0.15, 0.2) is 30.3 Å². The van der Waals surface area contributed by atoms with E-state index in [2.05, 4.69) is 5.32 Å². The molecule has 0 radical (unpaired) electrons. The summed E-state index contributed by atoms with van der Waals surface area (Å²) in [6, 6.07) is 9.34. The lowest BCUT2D eigenvalue weighted by Crippen LogP contribution is -2.37. The normalized spacial score (nSPS) is 10.5. The van der Waals surface area contributed by atoms with Gasteiger partial charge >= 0.3 is 0 Å². The first-order valence-electron chi connectivity index (χ1n) is 8.11. The van der Waals surface area contributed by atoms with Crippen molar-refractivity contribution in [3.63, 3.8) is 0 Å². The Morgan fingerprint density at radius 1 is 1.00 bits per heavy atom. The SMILES string of the molecule is CC(=O)N(CC(=O)Nc1c(C)cc(C)cc1C)c1cc(Cl)ccc1C. The fourth-order valence-electron chi connectivity index (χ4n) is 2.94. The van der Waals surface area contributed by atoms with Crippen molar-refractivity contribution < 1.29 is 9.59 Å². The maximum Gasteiger partial charge on any atom is 0.244 e. The van der Waals surface area contributed by atoms with Crippen LogP contribution in [-0.2, 0) is 9.59 Å². The summed E-state index contributed by atoms with van der Waals surface area (Å²) in [6.45, 7) is 9.19. The number of carbonyl (C=O) groups excluding carboxylic acids is 2. The van der Waals surface area contributed by atoms with Crippen LogP contribution < -0.4 is 10.2 Å². The van der Waals surface area contributed by atoms with Gasteiger partial charge in [0.05, 0.1) is 0 Å². The Labute approximate surface area is 153 Å². The lowest BCUT2D eigenvalue weighted by molar-refractivity contribution is -0.120. The fourth-order valence-corrected chi connectivity index (χ4v) is 3.11. The highest BCUT2D eigenvalue weighted by molar-refractivity contribution is 6.31. The highest BCUT2D eigenvalue weighted by Gasteiger charge is 2.19. The largest absolute Gasteiger partial charge is 0.324 e. The van der Waals surface area contributed by atoms with E-state index >= 15 is 0 Å². The van der Waals surface area contributed by atoms with Gasteiger partial charge in [-0.2, -0.15) is 0 Å². The first kappa shape index (κ1) is 19.0. The molecule has 25 heavy (non-hydrogen) atoms. The van der Waals surface area contributed by atoms with Crippen molar-refractivity contribution >= 4 is 34.8 Å². The van der Waals surface area contributed by atoms with Crippen molar-refractivity contribution in [1.29, 1.82) is 0 Å². The second-order valence-corrected chi connectivity index (χ2v) is 6.79. The summed E-state index contributed by atoms with van der Waals surface area (Å²) in [6.07, 6.45) is 0. The van der Waals surface area contributed by atoms with Gasteiger partial charge in [-0.1, -0.05) is 35.4 Å². The van der Waals surface area contributed by atoms with E-state index in [1.54, 1.807) is 12.1 Å². The lowest BCUT2D eigenvalue weighted by atomic mass is 10.1. The van der Waals surface area contributed by atoms with Gasteiger partial charge in [-0.05, 0) is 56.5 Å². The summed E-state index contributed by atoms with van der Waals surface area (Å²) >= 11 is 6.05. The molecule has 2 aromatic carbocycles.